The van der Waals surface area contributed by atoms with E-state index in [0.29, 0.717) is 11.3 Å². The summed E-state index contributed by atoms with van der Waals surface area (Å²) in [5, 5.41) is 11.6. The van der Waals surface area contributed by atoms with Gasteiger partial charge >= 0.3 is 0 Å². The SMILES string of the molecule is N#Cc1ccc(NC(=O)c2ccc(Cl)cc2F)c(Cl)c1. The van der Waals surface area contributed by atoms with Crippen molar-refractivity contribution in [2.75, 3.05) is 5.32 Å². The van der Waals surface area contributed by atoms with Gasteiger partial charge in [-0.3, -0.25) is 4.79 Å². The highest BCUT2D eigenvalue weighted by Gasteiger charge is 2.13. The number of hydrogen-bond donors (Lipinski definition) is 1. The van der Waals surface area contributed by atoms with Crippen LogP contribution in [-0.2, 0) is 0 Å². The van der Waals surface area contributed by atoms with Crippen molar-refractivity contribution in [1.29, 1.82) is 5.26 Å². The number of amides is 1. The zero-order valence-electron chi connectivity index (χ0n) is 9.95. The summed E-state index contributed by atoms with van der Waals surface area (Å²) in [6.07, 6.45) is 0. The van der Waals surface area contributed by atoms with Crippen LogP contribution in [0.15, 0.2) is 36.4 Å². The molecule has 1 amide bonds. The van der Waals surface area contributed by atoms with Crippen molar-refractivity contribution < 1.29 is 9.18 Å². The lowest BCUT2D eigenvalue weighted by Crippen LogP contribution is -2.14. The summed E-state index contributed by atoms with van der Waals surface area (Å²) < 4.78 is 13.6. The first-order valence-electron chi connectivity index (χ1n) is 5.47. The molecule has 0 radical (unpaired) electrons. The quantitative estimate of drug-likeness (QED) is 0.901. The van der Waals surface area contributed by atoms with Gasteiger partial charge in [-0.05, 0) is 36.4 Å². The van der Waals surface area contributed by atoms with E-state index in [1.165, 1.54) is 30.3 Å². The molecule has 0 spiro atoms. The highest BCUT2D eigenvalue weighted by atomic mass is 35.5. The average molecular weight is 309 g/mol. The van der Waals surface area contributed by atoms with Gasteiger partial charge in [0.25, 0.3) is 5.91 Å². The fourth-order valence-corrected chi connectivity index (χ4v) is 1.94. The lowest BCUT2D eigenvalue weighted by molar-refractivity contribution is 0.102. The predicted octanol–water partition coefficient (Wildman–Crippen LogP) is 4.26. The van der Waals surface area contributed by atoms with Gasteiger partial charge in [0.2, 0.25) is 0 Å². The van der Waals surface area contributed by atoms with E-state index in [-0.39, 0.29) is 15.6 Å². The molecule has 0 aromatic heterocycles. The molecule has 0 aliphatic rings. The third-order valence-corrected chi connectivity index (χ3v) is 3.07. The molecule has 2 rings (SSSR count). The van der Waals surface area contributed by atoms with Gasteiger partial charge < -0.3 is 5.32 Å². The maximum atomic E-state index is 13.6. The molecule has 3 nitrogen and oxygen atoms in total. The Bertz CT molecular complexity index is 726. The summed E-state index contributed by atoms with van der Waals surface area (Å²) >= 11 is 11.5. The van der Waals surface area contributed by atoms with Crippen molar-refractivity contribution in [2.45, 2.75) is 0 Å². The first kappa shape index (κ1) is 14.3. The third-order valence-electron chi connectivity index (χ3n) is 2.52. The van der Waals surface area contributed by atoms with Crippen molar-refractivity contribution in [3.8, 4) is 6.07 Å². The summed E-state index contributed by atoms with van der Waals surface area (Å²) in [5.41, 5.74) is 0.519. The largest absolute Gasteiger partial charge is 0.321 e. The van der Waals surface area contributed by atoms with Crippen LogP contribution in [0.5, 0.6) is 0 Å². The number of anilines is 1. The smallest absolute Gasteiger partial charge is 0.258 e. The molecule has 20 heavy (non-hydrogen) atoms. The standard InChI is InChI=1S/C14H7Cl2FN2O/c15-9-2-3-10(12(17)6-9)14(20)19-13-4-1-8(7-18)5-11(13)16/h1-6H,(H,19,20). The molecule has 0 aliphatic carbocycles. The van der Waals surface area contributed by atoms with E-state index in [9.17, 15) is 9.18 Å². The summed E-state index contributed by atoms with van der Waals surface area (Å²) in [6, 6.07) is 10.1. The Morgan fingerprint density at radius 2 is 1.95 bits per heavy atom. The van der Waals surface area contributed by atoms with E-state index in [4.69, 9.17) is 28.5 Å². The Morgan fingerprint density at radius 3 is 2.55 bits per heavy atom. The molecule has 0 heterocycles. The van der Waals surface area contributed by atoms with Crippen LogP contribution in [-0.4, -0.2) is 5.91 Å². The Labute approximate surface area is 124 Å². The Kier molecular flexibility index (Phi) is 4.23. The molecule has 0 unspecified atom stereocenters. The minimum atomic E-state index is -0.722. The van der Waals surface area contributed by atoms with Gasteiger partial charge in [0.1, 0.15) is 5.82 Å². The molecule has 1 N–H and O–H groups in total. The molecule has 0 atom stereocenters. The molecule has 0 saturated carbocycles. The van der Waals surface area contributed by atoms with Crippen LogP contribution in [0.3, 0.4) is 0 Å². The van der Waals surface area contributed by atoms with Gasteiger partial charge in [0, 0.05) is 5.02 Å². The van der Waals surface area contributed by atoms with Crippen LogP contribution in [0.25, 0.3) is 0 Å². The van der Waals surface area contributed by atoms with E-state index in [0.717, 1.165) is 6.07 Å². The van der Waals surface area contributed by atoms with Crippen molar-refractivity contribution in [3.05, 3.63) is 63.4 Å². The van der Waals surface area contributed by atoms with E-state index >= 15 is 0 Å². The predicted molar refractivity (Wildman–Crippen MR) is 75.5 cm³/mol. The number of nitrogens with zero attached hydrogens (tertiary/aromatic N) is 1. The lowest BCUT2D eigenvalue weighted by Gasteiger charge is -2.08. The summed E-state index contributed by atoms with van der Waals surface area (Å²) in [7, 11) is 0. The second-order valence-corrected chi connectivity index (χ2v) is 4.73. The molecule has 0 fully saturated rings. The van der Waals surface area contributed by atoms with E-state index in [1.807, 2.05) is 6.07 Å². The lowest BCUT2D eigenvalue weighted by atomic mass is 10.2. The second kappa shape index (κ2) is 5.91. The Morgan fingerprint density at radius 1 is 1.20 bits per heavy atom. The fourth-order valence-electron chi connectivity index (χ4n) is 1.55. The fraction of sp³-hybridized carbons (Fsp3) is 0. The minimum absolute atomic E-state index is 0.144. The molecular formula is C14H7Cl2FN2O. The molecule has 2 aromatic rings. The number of benzene rings is 2. The number of carbonyl (C=O) groups is 1. The normalized spacial score (nSPS) is 9.90. The highest BCUT2D eigenvalue weighted by Crippen LogP contribution is 2.24. The first-order valence-corrected chi connectivity index (χ1v) is 6.23. The zero-order chi connectivity index (χ0) is 14.7. The molecule has 6 heteroatoms. The molecule has 2 aromatic carbocycles. The van der Waals surface area contributed by atoms with Crippen molar-refractivity contribution in [2.24, 2.45) is 0 Å². The van der Waals surface area contributed by atoms with E-state index in [1.54, 1.807) is 0 Å². The van der Waals surface area contributed by atoms with Crippen LogP contribution in [0, 0.1) is 17.1 Å². The summed E-state index contributed by atoms with van der Waals surface area (Å²) in [6.45, 7) is 0. The number of nitriles is 1. The third kappa shape index (κ3) is 3.08. The molecular weight excluding hydrogens is 302 g/mol. The Hall–Kier alpha value is -2.09. The van der Waals surface area contributed by atoms with Crippen LogP contribution in [0.4, 0.5) is 10.1 Å². The van der Waals surface area contributed by atoms with Crippen LogP contribution in [0.2, 0.25) is 10.0 Å². The van der Waals surface area contributed by atoms with E-state index in [2.05, 4.69) is 5.32 Å². The van der Waals surface area contributed by atoms with Gasteiger partial charge in [-0.2, -0.15) is 5.26 Å². The van der Waals surface area contributed by atoms with Gasteiger partial charge in [-0.15, -0.1) is 0 Å². The topological polar surface area (TPSA) is 52.9 Å². The first-order chi connectivity index (χ1) is 9.51. The summed E-state index contributed by atoms with van der Waals surface area (Å²) in [4.78, 5) is 11.9. The monoisotopic (exact) mass is 308 g/mol. The highest BCUT2D eigenvalue weighted by molar-refractivity contribution is 6.34. The van der Waals surface area contributed by atoms with Crippen molar-refractivity contribution in [3.63, 3.8) is 0 Å². The second-order valence-electron chi connectivity index (χ2n) is 3.88. The van der Waals surface area contributed by atoms with Crippen molar-refractivity contribution in [1.82, 2.24) is 0 Å². The molecule has 0 saturated heterocycles. The van der Waals surface area contributed by atoms with Gasteiger partial charge in [0.15, 0.2) is 0 Å². The van der Waals surface area contributed by atoms with Gasteiger partial charge in [-0.25, -0.2) is 4.39 Å². The number of nitrogens with one attached hydrogen (secondary N) is 1. The maximum absolute atomic E-state index is 13.6. The Balaban J connectivity index is 2.26. The number of halogens is 3. The minimum Gasteiger partial charge on any atom is -0.321 e. The molecule has 100 valence electrons. The average Bonchev–Trinajstić information content (AvgIpc) is 2.40. The summed E-state index contributed by atoms with van der Waals surface area (Å²) in [5.74, 6) is -1.37. The number of rotatable bonds is 2. The molecule has 0 aliphatic heterocycles. The van der Waals surface area contributed by atoms with Gasteiger partial charge in [0.05, 0.1) is 27.9 Å². The number of hydrogen-bond acceptors (Lipinski definition) is 2. The van der Waals surface area contributed by atoms with Crippen LogP contribution >= 0.6 is 23.2 Å². The zero-order valence-corrected chi connectivity index (χ0v) is 11.5. The molecule has 0 bridgehead atoms. The van der Waals surface area contributed by atoms with E-state index < -0.39 is 11.7 Å². The van der Waals surface area contributed by atoms with Gasteiger partial charge in [-0.1, -0.05) is 23.2 Å². The maximum Gasteiger partial charge on any atom is 0.258 e. The van der Waals surface area contributed by atoms with Crippen LogP contribution in [0.1, 0.15) is 15.9 Å². The van der Waals surface area contributed by atoms with Crippen molar-refractivity contribution >= 4 is 34.8 Å². The number of carbonyl (C=O) groups excluding carboxylic acids is 1. The van der Waals surface area contributed by atoms with Crippen LogP contribution < -0.4 is 5.32 Å².